The SMILES string of the molecule is C=CC(=O)N(CCCC)CP(=O)(c1ccccc1)c1ccccc1. The Balaban J connectivity index is 2.44. The van der Waals surface area contributed by atoms with E-state index in [0.29, 0.717) is 6.54 Å². The van der Waals surface area contributed by atoms with E-state index >= 15 is 0 Å². The molecule has 0 N–H and O–H groups in total. The maximum absolute atomic E-state index is 14.0. The largest absolute Gasteiger partial charge is 0.331 e. The Morgan fingerprint density at radius 1 is 1.04 bits per heavy atom. The molecule has 3 nitrogen and oxygen atoms in total. The van der Waals surface area contributed by atoms with E-state index in [1.54, 1.807) is 4.90 Å². The molecular weight excluding hydrogens is 317 g/mol. The number of hydrogen-bond acceptors (Lipinski definition) is 2. The van der Waals surface area contributed by atoms with Crippen LogP contribution in [0.1, 0.15) is 19.8 Å². The fraction of sp³-hybridized carbons (Fsp3) is 0.250. The van der Waals surface area contributed by atoms with Gasteiger partial charge in [-0.05, 0) is 12.5 Å². The standard InChI is InChI=1S/C20H24NO2P/c1-3-5-16-21(20(22)4-2)17-24(23,18-12-8-6-9-13-18)19-14-10-7-11-15-19/h4,6-15H,2-3,5,16-17H2,1H3. The lowest BCUT2D eigenvalue weighted by molar-refractivity contribution is -0.125. The summed E-state index contributed by atoms with van der Waals surface area (Å²) in [5.74, 6) is -0.171. The number of carbonyl (C=O) groups excluding carboxylic acids is 1. The number of carbonyl (C=O) groups is 1. The Hall–Kier alpha value is -2.12. The Kier molecular flexibility index (Phi) is 6.57. The van der Waals surface area contributed by atoms with Gasteiger partial charge in [0, 0.05) is 17.2 Å². The van der Waals surface area contributed by atoms with Crippen LogP contribution < -0.4 is 10.6 Å². The summed E-state index contributed by atoms with van der Waals surface area (Å²) in [6.07, 6.45) is 3.35. The lowest BCUT2D eigenvalue weighted by Crippen LogP contribution is -2.35. The monoisotopic (exact) mass is 341 g/mol. The third-order valence-electron chi connectivity index (χ3n) is 3.98. The first-order valence-electron chi connectivity index (χ1n) is 8.23. The molecular formula is C20H24NO2P. The highest BCUT2D eigenvalue weighted by molar-refractivity contribution is 7.78. The van der Waals surface area contributed by atoms with E-state index in [-0.39, 0.29) is 12.2 Å². The zero-order valence-corrected chi connectivity index (χ0v) is 15.0. The van der Waals surface area contributed by atoms with Crippen LogP contribution >= 0.6 is 7.14 Å². The van der Waals surface area contributed by atoms with Gasteiger partial charge in [-0.25, -0.2) is 0 Å². The number of amides is 1. The van der Waals surface area contributed by atoms with E-state index in [0.717, 1.165) is 23.5 Å². The Morgan fingerprint density at radius 3 is 1.96 bits per heavy atom. The Bertz CT molecular complexity index is 669. The molecule has 0 saturated heterocycles. The van der Waals surface area contributed by atoms with Crippen LogP contribution in [0.5, 0.6) is 0 Å². The lowest BCUT2D eigenvalue weighted by atomic mass is 10.3. The first kappa shape index (κ1) is 18.2. The molecule has 4 heteroatoms. The smallest absolute Gasteiger partial charge is 0.246 e. The molecule has 0 aromatic heterocycles. The number of unbranched alkanes of at least 4 members (excludes halogenated alkanes) is 1. The van der Waals surface area contributed by atoms with Crippen LogP contribution in [-0.4, -0.2) is 23.6 Å². The number of rotatable bonds is 8. The third-order valence-corrected chi connectivity index (χ3v) is 6.99. The summed E-state index contributed by atoms with van der Waals surface area (Å²) >= 11 is 0. The minimum atomic E-state index is -2.93. The zero-order valence-electron chi connectivity index (χ0n) is 14.1. The van der Waals surface area contributed by atoms with Crippen LogP contribution in [0.25, 0.3) is 0 Å². The van der Waals surface area contributed by atoms with E-state index in [9.17, 15) is 9.36 Å². The molecule has 0 unspecified atom stereocenters. The molecule has 2 aromatic rings. The second-order valence-electron chi connectivity index (χ2n) is 5.71. The molecule has 0 aliphatic rings. The summed E-state index contributed by atoms with van der Waals surface area (Å²) in [5, 5.41) is 1.55. The second-order valence-corrected chi connectivity index (χ2v) is 8.51. The zero-order chi connectivity index (χ0) is 17.4. The summed E-state index contributed by atoms with van der Waals surface area (Å²) in [5.41, 5.74) is 0. The first-order valence-corrected chi connectivity index (χ1v) is 10.1. The van der Waals surface area contributed by atoms with Crippen molar-refractivity contribution in [2.45, 2.75) is 19.8 Å². The number of benzene rings is 2. The van der Waals surface area contributed by atoms with Gasteiger partial charge in [0.25, 0.3) is 0 Å². The predicted octanol–water partition coefficient (Wildman–Crippen LogP) is 3.77. The highest BCUT2D eigenvalue weighted by Gasteiger charge is 2.30. The van der Waals surface area contributed by atoms with Gasteiger partial charge in [-0.15, -0.1) is 0 Å². The van der Waals surface area contributed by atoms with Crippen LogP contribution in [0.2, 0.25) is 0 Å². The molecule has 0 saturated carbocycles. The van der Waals surface area contributed by atoms with Gasteiger partial charge in [0.05, 0.1) is 6.29 Å². The molecule has 0 atom stereocenters. The molecule has 2 aromatic carbocycles. The van der Waals surface area contributed by atoms with Gasteiger partial charge in [-0.2, -0.15) is 0 Å². The van der Waals surface area contributed by atoms with Gasteiger partial charge in [0.1, 0.15) is 0 Å². The molecule has 0 aliphatic heterocycles. The second kappa shape index (κ2) is 8.65. The van der Waals surface area contributed by atoms with Crippen molar-refractivity contribution in [2.24, 2.45) is 0 Å². The van der Waals surface area contributed by atoms with Crippen molar-refractivity contribution < 1.29 is 9.36 Å². The van der Waals surface area contributed by atoms with Gasteiger partial charge in [0.2, 0.25) is 5.91 Å². The molecule has 0 aliphatic carbocycles. The van der Waals surface area contributed by atoms with Gasteiger partial charge in [-0.1, -0.05) is 80.6 Å². The maximum atomic E-state index is 14.0. The van der Waals surface area contributed by atoms with E-state index in [2.05, 4.69) is 13.5 Å². The number of nitrogens with zero attached hydrogens (tertiary/aromatic N) is 1. The van der Waals surface area contributed by atoms with Crippen LogP contribution in [0.3, 0.4) is 0 Å². The van der Waals surface area contributed by atoms with Gasteiger partial charge < -0.3 is 9.46 Å². The summed E-state index contributed by atoms with van der Waals surface area (Å²) in [7, 11) is -2.93. The van der Waals surface area contributed by atoms with E-state index in [4.69, 9.17) is 0 Å². The third kappa shape index (κ3) is 4.24. The topological polar surface area (TPSA) is 37.4 Å². The summed E-state index contributed by atoms with van der Waals surface area (Å²) < 4.78 is 14.0. The summed E-state index contributed by atoms with van der Waals surface area (Å²) in [6, 6.07) is 18.9. The normalized spacial score (nSPS) is 11.0. The molecule has 126 valence electrons. The number of hydrogen-bond donors (Lipinski definition) is 0. The highest BCUT2D eigenvalue weighted by atomic mass is 31.2. The molecule has 0 heterocycles. The van der Waals surface area contributed by atoms with Crippen molar-refractivity contribution >= 4 is 23.7 Å². The lowest BCUT2D eigenvalue weighted by Gasteiger charge is -2.28. The van der Waals surface area contributed by atoms with Gasteiger partial charge in [0.15, 0.2) is 7.14 Å². The first-order chi connectivity index (χ1) is 11.6. The summed E-state index contributed by atoms with van der Waals surface area (Å²) in [6.45, 7) is 6.25. The molecule has 0 radical (unpaired) electrons. The fourth-order valence-electron chi connectivity index (χ4n) is 2.62. The minimum Gasteiger partial charge on any atom is -0.331 e. The van der Waals surface area contributed by atoms with Crippen molar-refractivity contribution in [3.8, 4) is 0 Å². The molecule has 0 fully saturated rings. The molecule has 2 rings (SSSR count). The van der Waals surface area contributed by atoms with Crippen LogP contribution in [0.15, 0.2) is 73.3 Å². The Labute approximate surface area is 144 Å². The molecule has 0 bridgehead atoms. The fourth-order valence-corrected chi connectivity index (χ4v) is 5.31. The van der Waals surface area contributed by atoms with E-state index in [1.165, 1.54) is 6.08 Å². The van der Waals surface area contributed by atoms with Gasteiger partial charge in [-0.3, -0.25) is 4.79 Å². The van der Waals surface area contributed by atoms with E-state index < -0.39 is 7.14 Å². The van der Waals surface area contributed by atoms with Crippen molar-refractivity contribution in [2.75, 3.05) is 12.8 Å². The maximum Gasteiger partial charge on any atom is 0.246 e. The van der Waals surface area contributed by atoms with E-state index in [1.807, 2.05) is 60.7 Å². The van der Waals surface area contributed by atoms with Crippen LogP contribution in [0, 0.1) is 0 Å². The quantitative estimate of drug-likeness (QED) is 0.541. The average Bonchev–Trinajstić information content (AvgIpc) is 2.65. The predicted molar refractivity (Wildman–Crippen MR) is 101 cm³/mol. The average molecular weight is 341 g/mol. The van der Waals surface area contributed by atoms with Gasteiger partial charge >= 0.3 is 0 Å². The summed E-state index contributed by atoms with van der Waals surface area (Å²) in [4.78, 5) is 13.9. The van der Waals surface area contributed by atoms with Crippen LogP contribution in [-0.2, 0) is 9.36 Å². The van der Waals surface area contributed by atoms with Crippen molar-refractivity contribution in [1.82, 2.24) is 4.90 Å². The highest BCUT2D eigenvalue weighted by Crippen LogP contribution is 2.44. The van der Waals surface area contributed by atoms with Crippen molar-refractivity contribution in [1.29, 1.82) is 0 Å². The minimum absolute atomic E-state index is 0.171. The molecule has 0 spiro atoms. The Morgan fingerprint density at radius 2 is 1.54 bits per heavy atom. The van der Waals surface area contributed by atoms with Crippen molar-refractivity contribution in [3.63, 3.8) is 0 Å². The molecule has 1 amide bonds. The van der Waals surface area contributed by atoms with Crippen molar-refractivity contribution in [3.05, 3.63) is 73.3 Å². The van der Waals surface area contributed by atoms with Crippen LogP contribution in [0.4, 0.5) is 0 Å². The molecule has 24 heavy (non-hydrogen) atoms.